The largest absolute Gasteiger partial charge is 0.530 e. The van der Waals surface area contributed by atoms with Gasteiger partial charge >= 0.3 is 6.18 Å². The third-order valence-corrected chi connectivity index (χ3v) is 5.03. The van der Waals surface area contributed by atoms with Gasteiger partial charge in [-0.1, -0.05) is 18.2 Å². The maximum absolute atomic E-state index is 14.4. The molecule has 0 saturated heterocycles. The molecule has 9 nitrogen and oxygen atoms in total. The zero-order chi connectivity index (χ0) is 25.9. The summed E-state index contributed by atoms with van der Waals surface area (Å²) >= 11 is 0. The number of aromatic nitrogens is 4. The Morgan fingerprint density at radius 1 is 1.06 bits per heavy atom. The van der Waals surface area contributed by atoms with Crippen LogP contribution in [-0.2, 0) is 19.3 Å². The van der Waals surface area contributed by atoms with Crippen LogP contribution in [0.5, 0.6) is 0 Å². The van der Waals surface area contributed by atoms with Crippen LogP contribution >= 0.6 is 0 Å². The van der Waals surface area contributed by atoms with E-state index in [-0.39, 0.29) is 17.9 Å². The number of anilines is 1. The standard InChI is InChI=1S/C23H18F4N6O3/c24-17-5-4-15(12-32-7-6-28-13-32)9-18(17)30-21(34)19-10-20(23(25,26)27)31-33(19)16-3-1-2-14(8-16)11-29-22(35)36/h1-10,13,29H,11-12H2,(H,30,34)(H,35,36)/p-1. The lowest BCUT2D eigenvalue weighted by Gasteiger charge is -2.12. The van der Waals surface area contributed by atoms with Crippen molar-refractivity contribution in [3.05, 3.63) is 95.6 Å². The van der Waals surface area contributed by atoms with Gasteiger partial charge in [0.1, 0.15) is 17.6 Å². The highest BCUT2D eigenvalue weighted by Crippen LogP contribution is 2.30. The van der Waals surface area contributed by atoms with Gasteiger partial charge in [-0.05, 0) is 35.4 Å². The van der Waals surface area contributed by atoms with Crippen molar-refractivity contribution >= 4 is 17.7 Å². The molecule has 0 aliphatic carbocycles. The fraction of sp³-hybridized carbons (Fsp3) is 0.130. The Hall–Kier alpha value is -4.68. The van der Waals surface area contributed by atoms with Crippen molar-refractivity contribution in [1.82, 2.24) is 24.6 Å². The lowest BCUT2D eigenvalue weighted by molar-refractivity contribution is -0.251. The SMILES string of the molecule is O=C([O-])NCc1cccc(-n2nc(C(F)(F)F)cc2C(=O)Nc2cc(Cn3ccnc3)ccc2F)c1. The zero-order valence-corrected chi connectivity index (χ0v) is 18.3. The van der Waals surface area contributed by atoms with E-state index in [4.69, 9.17) is 0 Å². The first-order chi connectivity index (χ1) is 17.1. The monoisotopic (exact) mass is 501 g/mol. The molecule has 0 bridgehead atoms. The maximum atomic E-state index is 14.4. The first-order valence-corrected chi connectivity index (χ1v) is 10.4. The lowest BCUT2D eigenvalue weighted by atomic mass is 10.1. The fourth-order valence-electron chi connectivity index (χ4n) is 3.39. The number of nitrogens with one attached hydrogen (secondary N) is 2. The van der Waals surface area contributed by atoms with Crippen molar-refractivity contribution in [2.75, 3.05) is 5.32 Å². The number of amides is 2. The molecule has 0 unspecified atom stereocenters. The van der Waals surface area contributed by atoms with Gasteiger partial charge in [0, 0.05) is 31.5 Å². The summed E-state index contributed by atoms with van der Waals surface area (Å²) in [5, 5.41) is 18.5. The Labute approximate surface area is 201 Å². The van der Waals surface area contributed by atoms with Crippen LogP contribution in [0.2, 0.25) is 0 Å². The number of halogens is 4. The smallest absolute Gasteiger partial charge is 0.435 e. The van der Waals surface area contributed by atoms with Crippen molar-refractivity contribution in [3.63, 3.8) is 0 Å². The molecule has 2 heterocycles. The Kier molecular flexibility index (Phi) is 6.72. The number of rotatable bonds is 7. The highest BCUT2D eigenvalue weighted by molar-refractivity contribution is 6.03. The van der Waals surface area contributed by atoms with Crippen LogP contribution in [0.4, 0.5) is 28.0 Å². The lowest BCUT2D eigenvalue weighted by Crippen LogP contribution is -2.35. The molecule has 0 fully saturated rings. The van der Waals surface area contributed by atoms with E-state index in [1.807, 2.05) is 5.32 Å². The van der Waals surface area contributed by atoms with Crippen LogP contribution in [-0.4, -0.2) is 31.3 Å². The molecule has 4 rings (SSSR count). The quantitative estimate of drug-likeness (QED) is 0.378. The third-order valence-electron chi connectivity index (χ3n) is 5.03. The molecule has 0 atom stereocenters. The van der Waals surface area contributed by atoms with E-state index < -0.39 is 35.4 Å². The number of carbonyl (C=O) groups is 2. The Balaban J connectivity index is 1.66. The predicted octanol–water partition coefficient (Wildman–Crippen LogP) is 2.96. The minimum atomic E-state index is -4.86. The van der Waals surface area contributed by atoms with E-state index >= 15 is 0 Å². The van der Waals surface area contributed by atoms with Crippen LogP contribution in [0.1, 0.15) is 27.3 Å². The van der Waals surface area contributed by atoms with Gasteiger partial charge < -0.3 is 25.1 Å². The highest BCUT2D eigenvalue weighted by Gasteiger charge is 2.36. The van der Waals surface area contributed by atoms with Crippen LogP contribution in [0.25, 0.3) is 5.69 Å². The second kappa shape index (κ2) is 9.90. The normalized spacial score (nSPS) is 11.3. The molecule has 0 radical (unpaired) electrons. The van der Waals surface area contributed by atoms with Gasteiger partial charge in [-0.3, -0.25) is 4.79 Å². The van der Waals surface area contributed by atoms with Crippen LogP contribution in [0.3, 0.4) is 0 Å². The molecule has 0 saturated carbocycles. The Morgan fingerprint density at radius 3 is 2.56 bits per heavy atom. The predicted molar refractivity (Wildman–Crippen MR) is 116 cm³/mol. The number of hydrogen-bond acceptors (Lipinski definition) is 5. The average molecular weight is 501 g/mol. The Morgan fingerprint density at radius 2 is 1.86 bits per heavy atom. The van der Waals surface area contributed by atoms with Crippen LogP contribution in [0.15, 0.2) is 67.3 Å². The highest BCUT2D eigenvalue weighted by atomic mass is 19.4. The van der Waals surface area contributed by atoms with Gasteiger partial charge in [0.25, 0.3) is 5.91 Å². The summed E-state index contributed by atoms with van der Waals surface area (Å²) in [5.41, 5.74) is -1.02. The van der Waals surface area contributed by atoms with Gasteiger partial charge in [0.15, 0.2) is 5.69 Å². The molecule has 13 heteroatoms. The summed E-state index contributed by atoms with van der Waals surface area (Å²) in [7, 11) is 0. The van der Waals surface area contributed by atoms with Crippen LogP contribution in [0, 0.1) is 5.82 Å². The van der Waals surface area contributed by atoms with E-state index in [1.165, 1.54) is 36.4 Å². The van der Waals surface area contributed by atoms with Crippen molar-refractivity contribution in [2.24, 2.45) is 0 Å². The third kappa shape index (κ3) is 5.68. The number of benzene rings is 2. The minimum absolute atomic E-state index is 0.0580. The van der Waals surface area contributed by atoms with Gasteiger partial charge in [0.05, 0.1) is 17.7 Å². The topological polar surface area (TPSA) is 117 Å². The number of carboxylic acid groups (broad SMARTS) is 1. The van der Waals surface area contributed by atoms with Gasteiger partial charge in [-0.25, -0.2) is 14.1 Å². The fourth-order valence-corrected chi connectivity index (χ4v) is 3.39. The maximum Gasteiger partial charge on any atom is 0.435 e. The van der Waals surface area contributed by atoms with Gasteiger partial charge in [-0.15, -0.1) is 0 Å². The summed E-state index contributed by atoms with van der Waals surface area (Å²) in [4.78, 5) is 27.6. The van der Waals surface area contributed by atoms with E-state index in [0.29, 0.717) is 23.7 Å². The Bertz CT molecular complexity index is 1400. The molecule has 36 heavy (non-hydrogen) atoms. The zero-order valence-electron chi connectivity index (χ0n) is 18.3. The molecule has 2 amide bonds. The molecule has 4 aromatic rings. The summed E-state index contributed by atoms with van der Waals surface area (Å²) < 4.78 is 57.2. The number of alkyl halides is 3. The molecule has 2 N–H and O–H groups in total. The van der Waals surface area contributed by atoms with Crippen molar-refractivity contribution in [3.8, 4) is 5.69 Å². The van der Waals surface area contributed by atoms with Gasteiger partial charge in [-0.2, -0.15) is 18.3 Å². The van der Waals surface area contributed by atoms with E-state index in [1.54, 1.807) is 23.3 Å². The molecule has 2 aromatic carbocycles. The first kappa shape index (κ1) is 24.4. The molecule has 186 valence electrons. The summed E-state index contributed by atoms with van der Waals surface area (Å²) in [6, 6.07) is 10.3. The molecule has 0 spiro atoms. The summed E-state index contributed by atoms with van der Waals surface area (Å²) in [6.07, 6.45) is -1.58. The first-order valence-electron chi connectivity index (χ1n) is 10.4. The second-order valence-electron chi connectivity index (χ2n) is 7.64. The van der Waals surface area contributed by atoms with Crippen molar-refractivity contribution in [1.29, 1.82) is 0 Å². The molecule has 2 aromatic heterocycles. The molecule has 0 aliphatic rings. The number of carbonyl (C=O) groups excluding carboxylic acids is 2. The average Bonchev–Trinajstić information content (AvgIpc) is 3.50. The van der Waals surface area contributed by atoms with Crippen molar-refractivity contribution in [2.45, 2.75) is 19.3 Å². The number of imidazole rings is 1. The van der Waals surface area contributed by atoms with E-state index in [2.05, 4.69) is 15.4 Å². The second-order valence-corrected chi connectivity index (χ2v) is 7.64. The number of nitrogens with zero attached hydrogens (tertiary/aromatic N) is 4. The van der Waals surface area contributed by atoms with E-state index in [0.717, 1.165) is 10.7 Å². The van der Waals surface area contributed by atoms with Crippen LogP contribution < -0.4 is 15.7 Å². The molecule has 0 aliphatic heterocycles. The minimum Gasteiger partial charge on any atom is -0.530 e. The van der Waals surface area contributed by atoms with Crippen molar-refractivity contribution < 1.29 is 32.3 Å². The summed E-state index contributed by atoms with van der Waals surface area (Å²) in [6.45, 7) is 0.145. The molecular formula is C23H17F4N6O3-. The van der Waals surface area contributed by atoms with E-state index in [9.17, 15) is 32.3 Å². The van der Waals surface area contributed by atoms with Gasteiger partial charge in [0.2, 0.25) is 0 Å². The number of hydrogen-bond donors (Lipinski definition) is 2. The summed E-state index contributed by atoms with van der Waals surface area (Å²) in [5.74, 6) is -1.81. The molecular weight excluding hydrogens is 484 g/mol.